The van der Waals surface area contributed by atoms with E-state index in [9.17, 15) is 18.0 Å². The van der Waals surface area contributed by atoms with Crippen LogP contribution < -0.4 is 20.1 Å². The molecule has 2 fully saturated rings. The Morgan fingerprint density at radius 2 is 2.13 bits per heavy atom. The van der Waals surface area contributed by atoms with Gasteiger partial charge in [0.05, 0.1) is 11.1 Å². The van der Waals surface area contributed by atoms with Crippen LogP contribution in [0.4, 0.5) is 13.2 Å². The average Bonchev–Trinajstić information content (AvgIpc) is 3.17. The number of alkyl halides is 2. The highest BCUT2D eigenvalue weighted by Crippen LogP contribution is 2.39. The van der Waals surface area contributed by atoms with Gasteiger partial charge in [-0.1, -0.05) is 16.7 Å². The lowest BCUT2D eigenvalue weighted by atomic mass is 9.91. The van der Waals surface area contributed by atoms with Crippen molar-refractivity contribution in [1.29, 1.82) is 0 Å². The molecular formula is C19H20ClF3N4O4. The summed E-state index contributed by atoms with van der Waals surface area (Å²) < 4.78 is 55.1. The minimum atomic E-state index is -2.69. The highest BCUT2D eigenvalue weighted by molar-refractivity contribution is 6.30. The van der Waals surface area contributed by atoms with Crippen LogP contribution in [0, 0.1) is 5.82 Å². The smallest absolute Gasteiger partial charge is 0.414 e. The van der Waals surface area contributed by atoms with E-state index < -0.39 is 17.8 Å². The number of carbonyl (C=O) groups is 1. The number of rotatable bonds is 7. The maximum atomic E-state index is 13.4. The molecule has 0 bridgehead atoms. The lowest BCUT2D eigenvalue weighted by Gasteiger charge is -2.33. The molecule has 1 amide bonds. The molecule has 2 heterocycles. The van der Waals surface area contributed by atoms with E-state index in [4.69, 9.17) is 25.5 Å². The fourth-order valence-corrected chi connectivity index (χ4v) is 3.53. The van der Waals surface area contributed by atoms with Crippen LogP contribution in [-0.4, -0.2) is 47.3 Å². The summed E-state index contributed by atoms with van der Waals surface area (Å²) in [5.41, 5.74) is 0. The van der Waals surface area contributed by atoms with Gasteiger partial charge in [-0.25, -0.2) is 13.2 Å². The molecule has 1 saturated carbocycles. The Bertz CT molecular complexity index is 929. The Balaban J connectivity index is 1.18. The summed E-state index contributed by atoms with van der Waals surface area (Å²) in [5, 5.41) is 13.7. The quantitative estimate of drug-likeness (QED) is 0.655. The number of nitrogens with zero attached hydrogens (tertiary/aromatic N) is 2. The number of hydrogen-bond donors (Lipinski definition) is 2. The van der Waals surface area contributed by atoms with E-state index in [-0.39, 0.29) is 54.3 Å². The van der Waals surface area contributed by atoms with Gasteiger partial charge in [0.1, 0.15) is 17.7 Å². The first-order valence-corrected chi connectivity index (χ1v) is 10.1. The van der Waals surface area contributed by atoms with Gasteiger partial charge in [0.2, 0.25) is 5.89 Å². The molecule has 0 radical (unpaired) electrons. The summed E-state index contributed by atoms with van der Waals surface area (Å²) in [6.07, 6.45) is -0.198. The van der Waals surface area contributed by atoms with E-state index in [0.717, 1.165) is 6.07 Å². The fraction of sp³-hybridized carbons (Fsp3) is 0.526. The standard InChI is InChI=1S/C19H20ClF3N4O4/c20-13-3-2-11(5-14(13)21)29-9-16(28)25-10-1-4-15(24-8-10)17-26-27-18(31-17)30-12-6-19(22,23)7-12/h2-3,5,10,12,15,24H,1,4,6-9H2,(H,25,28)/t10-,15+/m0/s1. The average molecular weight is 461 g/mol. The number of benzene rings is 1. The monoisotopic (exact) mass is 460 g/mol. The van der Waals surface area contributed by atoms with Crippen LogP contribution in [0.2, 0.25) is 5.02 Å². The maximum absolute atomic E-state index is 13.4. The predicted octanol–water partition coefficient (Wildman–Crippen LogP) is 3.03. The molecular weight excluding hydrogens is 441 g/mol. The maximum Gasteiger partial charge on any atom is 0.414 e. The van der Waals surface area contributed by atoms with Crippen molar-refractivity contribution >= 4 is 17.5 Å². The number of piperidine rings is 1. The zero-order valence-electron chi connectivity index (χ0n) is 16.2. The predicted molar refractivity (Wildman–Crippen MR) is 102 cm³/mol. The normalized spacial score (nSPS) is 23.1. The largest absolute Gasteiger partial charge is 0.484 e. The first kappa shape index (κ1) is 21.7. The minimum absolute atomic E-state index is 0.0239. The molecule has 1 aliphatic heterocycles. The van der Waals surface area contributed by atoms with Crippen LogP contribution in [0.3, 0.4) is 0 Å². The lowest BCUT2D eigenvalue weighted by molar-refractivity contribution is -0.139. The highest BCUT2D eigenvalue weighted by atomic mass is 35.5. The van der Waals surface area contributed by atoms with E-state index in [0.29, 0.717) is 25.3 Å². The van der Waals surface area contributed by atoms with Gasteiger partial charge >= 0.3 is 6.08 Å². The number of nitrogens with one attached hydrogen (secondary N) is 2. The summed E-state index contributed by atoms with van der Waals surface area (Å²) in [7, 11) is 0. The lowest BCUT2D eigenvalue weighted by Crippen LogP contribution is -2.48. The molecule has 1 saturated heterocycles. The molecule has 1 aromatic heterocycles. The molecule has 0 unspecified atom stereocenters. The van der Waals surface area contributed by atoms with Crippen LogP contribution in [0.1, 0.15) is 37.6 Å². The Morgan fingerprint density at radius 3 is 2.81 bits per heavy atom. The molecule has 2 aliphatic rings. The third-order valence-corrected chi connectivity index (χ3v) is 5.39. The van der Waals surface area contributed by atoms with Gasteiger partial charge in [0, 0.05) is 31.5 Å². The SMILES string of the molecule is O=C(COc1ccc(Cl)c(F)c1)N[C@H]1CC[C@H](c2nnc(OC3CC(F)(F)C3)o2)NC1. The number of amides is 1. The van der Waals surface area contributed by atoms with E-state index in [1.807, 2.05) is 0 Å². The van der Waals surface area contributed by atoms with Crippen LogP contribution in [-0.2, 0) is 4.79 Å². The van der Waals surface area contributed by atoms with Gasteiger partial charge in [-0.2, -0.15) is 0 Å². The highest BCUT2D eigenvalue weighted by Gasteiger charge is 2.47. The van der Waals surface area contributed by atoms with Gasteiger partial charge in [0.15, 0.2) is 6.61 Å². The zero-order valence-corrected chi connectivity index (χ0v) is 17.0. The Morgan fingerprint density at radius 1 is 1.32 bits per heavy atom. The zero-order chi connectivity index (χ0) is 22.0. The second-order valence-corrected chi connectivity index (χ2v) is 7.98. The molecule has 2 atom stereocenters. The molecule has 1 aliphatic carbocycles. The second kappa shape index (κ2) is 8.91. The molecule has 31 heavy (non-hydrogen) atoms. The van der Waals surface area contributed by atoms with E-state index in [1.165, 1.54) is 12.1 Å². The number of ether oxygens (including phenoxy) is 2. The minimum Gasteiger partial charge on any atom is -0.484 e. The van der Waals surface area contributed by atoms with Gasteiger partial charge < -0.3 is 24.5 Å². The van der Waals surface area contributed by atoms with Crippen LogP contribution in [0.25, 0.3) is 0 Å². The number of carbonyl (C=O) groups excluding carboxylic acids is 1. The van der Waals surface area contributed by atoms with E-state index in [1.54, 1.807) is 0 Å². The molecule has 8 nitrogen and oxygen atoms in total. The van der Waals surface area contributed by atoms with Crippen molar-refractivity contribution < 1.29 is 31.9 Å². The van der Waals surface area contributed by atoms with Crippen molar-refractivity contribution in [3.8, 4) is 11.8 Å². The third kappa shape index (κ3) is 5.59. The number of aromatic nitrogens is 2. The summed E-state index contributed by atoms with van der Waals surface area (Å²) in [6, 6.07) is 3.58. The van der Waals surface area contributed by atoms with Crippen molar-refractivity contribution in [2.45, 2.75) is 49.8 Å². The fourth-order valence-electron chi connectivity index (χ4n) is 3.42. The summed E-state index contributed by atoms with van der Waals surface area (Å²) >= 11 is 5.61. The Labute approximate surface area is 180 Å². The Hall–Kier alpha value is -2.53. The van der Waals surface area contributed by atoms with Gasteiger partial charge in [-0.3, -0.25) is 4.79 Å². The number of halogens is 4. The summed E-state index contributed by atoms with van der Waals surface area (Å²) in [5.74, 6) is -3.14. The van der Waals surface area contributed by atoms with E-state index >= 15 is 0 Å². The van der Waals surface area contributed by atoms with Crippen molar-refractivity contribution in [1.82, 2.24) is 20.8 Å². The molecule has 1 aromatic carbocycles. The molecule has 4 rings (SSSR count). The third-order valence-electron chi connectivity index (χ3n) is 5.08. The first-order chi connectivity index (χ1) is 14.8. The number of hydrogen-bond acceptors (Lipinski definition) is 7. The molecule has 2 aromatic rings. The van der Waals surface area contributed by atoms with Gasteiger partial charge in [-0.05, 0) is 25.0 Å². The Kier molecular flexibility index (Phi) is 6.24. The van der Waals surface area contributed by atoms with Gasteiger partial charge in [0.25, 0.3) is 11.8 Å². The van der Waals surface area contributed by atoms with Crippen molar-refractivity contribution in [2.24, 2.45) is 0 Å². The van der Waals surface area contributed by atoms with Crippen LogP contribution in [0.5, 0.6) is 11.8 Å². The van der Waals surface area contributed by atoms with Crippen molar-refractivity contribution in [3.05, 3.63) is 34.9 Å². The summed E-state index contributed by atoms with van der Waals surface area (Å²) in [6.45, 7) is 0.199. The molecule has 12 heteroatoms. The molecule has 168 valence electrons. The summed E-state index contributed by atoms with van der Waals surface area (Å²) in [4.78, 5) is 12.1. The van der Waals surface area contributed by atoms with Gasteiger partial charge in [-0.15, -0.1) is 5.10 Å². The molecule has 2 N–H and O–H groups in total. The topological polar surface area (TPSA) is 98.5 Å². The van der Waals surface area contributed by atoms with Crippen molar-refractivity contribution in [3.63, 3.8) is 0 Å². The second-order valence-electron chi connectivity index (χ2n) is 7.58. The van der Waals surface area contributed by atoms with Crippen LogP contribution in [0.15, 0.2) is 22.6 Å². The molecule has 0 spiro atoms. The first-order valence-electron chi connectivity index (χ1n) is 9.76. The van der Waals surface area contributed by atoms with E-state index in [2.05, 4.69) is 20.8 Å². The van der Waals surface area contributed by atoms with Crippen LogP contribution >= 0.6 is 11.6 Å². The van der Waals surface area contributed by atoms with Crippen molar-refractivity contribution in [2.75, 3.05) is 13.2 Å².